The van der Waals surface area contributed by atoms with Gasteiger partial charge in [0.15, 0.2) is 11.5 Å². The third kappa shape index (κ3) is 5.37. The smallest absolute Gasteiger partial charge is 0.648 e. The molecular weight excluding hydrogens is 389 g/mol. The minimum Gasteiger partial charge on any atom is -0.648 e. The molecule has 8 heteroatoms. The summed E-state index contributed by atoms with van der Waals surface area (Å²) in [7, 11) is 3.17. The number of carbonyl (C=O) groups excluding carboxylic acids is 3. The second-order valence-corrected chi connectivity index (χ2v) is 7.60. The minimum atomic E-state index is -0.849. The number of ketones is 2. The van der Waals surface area contributed by atoms with Gasteiger partial charge >= 0.3 is 18.9 Å². The van der Waals surface area contributed by atoms with E-state index in [1.165, 1.54) is 11.0 Å². The molecule has 1 fully saturated rings. The van der Waals surface area contributed by atoms with Crippen LogP contribution in [0.3, 0.4) is 0 Å². The summed E-state index contributed by atoms with van der Waals surface area (Å²) in [5.41, 5.74) is 1.46. The first-order valence-corrected chi connectivity index (χ1v) is 9.95. The number of carbonyl (C=O) groups is 3. The monoisotopic (exact) mass is 415 g/mol. The van der Waals surface area contributed by atoms with E-state index in [9.17, 15) is 19.5 Å². The van der Waals surface area contributed by atoms with Gasteiger partial charge in [0.25, 0.3) is 5.91 Å². The quantitative estimate of drug-likeness (QED) is 0.353. The Balaban J connectivity index is 0.00000341. The summed E-state index contributed by atoms with van der Waals surface area (Å²) in [6, 6.07) is 12.8. The summed E-state index contributed by atoms with van der Waals surface area (Å²) < 4.78 is 0. The maximum Gasteiger partial charge on any atom is 1.00 e. The summed E-state index contributed by atoms with van der Waals surface area (Å²) in [6.07, 6.45) is 1.41. The van der Waals surface area contributed by atoms with Crippen molar-refractivity contribution in [1.82, 2.24) is 4.90 Å². The number of benzene rings is 2. The van der Waals surface area contributed by atoms with Gasteiger partial charge in [-0.25, -0.2) is 0 Å². The minimum absolute atomic E-state index is 0. The molecule has 31 heavy (non-hydrogen) atoms. The van der Waals surface area contributed by atoms with E-state index in [1.54, 1.807) is 26.2 Å². The molecular formula is C23H26LiN3O4. The first-order valence-electron chi connectivity index (χ1n) is 9.95. The second kappa shape index (κ2) is 10.6. The van der Waals surface area contributed by atoms with Gasteiger partial charge in [-0.2, -0.15) is 0 Å². The van der Waals surface area contributed by atoms with E-state index in [4.69, 9.17) is 0 Å². The molecule has 2 aromatic rings. The Labute approximate surface area is 194 Å². The van der Waals surface area contributed by atoms with Crippen LogP contribution in [-0.4, -0.2) is 59.7 Å². The molecule has 2 aromatic carbocycles. The number of Topliss-reactive ketones (excluding diaryl/α,β-unsaturated/α-hetero) is 2. The number of nitrogens with one attached hydrogen (secondary N) is 1. The maximum absolute atomic E-state index is 12.2. The predicted octanol–water partition coefficient (Wildman–Crippen LogP) is -0.206. The zero-order chi connectivity index (χ0) is 21.8. The number of para-hydroxylation sites is 1. The second-order valence-electron chi connectivity index (χ2n) is 7.60. The SMILES string of the molecule is CC[C@H](Cc1ccccc1)[N-]C1C(=O)C(=O)C1Nc1cccc(C(=O)N(C)C)c1O.[Li+]. The van der Waals surface area contributed by atoms with Gasteiger partial charge in [-0.1, -0.05) is 49.7 Å². The Bertz CT molecular complexity index is 949. The van der Waals surface area contributed by atoms with Crippen molar-refractivity contribution in [2.75, 3.05) is 19.4 Å². The predicted molar refractivity (Wildman–Crippen MR) is 115 cm³/mol. The summed E-state index contributed by atoms with van der Waals surface area (Å²) in [5, 5.41) is 18.1. The molecule has 0 spiro atoms. The summed E-state index contributed by atoms with van der Waals surface area (Å²) >= 11 is 0. The van der Waals surface area contributed by atoms with Crippen LogP contribution in [0, 0.1) is 0 Å². The third-order valence-corrected chi connectivity index (χ3v) is 5.25. The van der Waals surface area contributed by atoms with Gasteiger partial charge in [-0.3, -0.25) is 14.4 Å². The van der Waals surface area contributed by atoms with Crippen LogP contribution in [0.25, 0.3) is 5.32 Å². The molecule has 1 aliphatic carbocycles. The molecule has 1 saturated carbocycles. The fourth-order valence-electron chi connectivity index (χ4n) is 3.45. The van der Waals surface area contributed by atoms with Crippen molar-refractivity contribution < 1.29 is 38.4 Å². The Hall–Kier alpha value is -2.59. The van der Waals surface area contributed by atoms with E-state index >= 15 is 0 Å². The molecule has 0 bridgehead atoms. The molecule has 3 rings (SSSR count). The van der Waals surface area contributed by atoms with E-state index in [1.807, 2.05) is 37.3 Å². The van der Waals surface area contributed by atoms with Crippen molar-refractivity contribution >= 4 is 23.2 Å². The van der Waals surface area contributed by atoms with Crippen molar-refractivity contribution in [3.63, 3.8) is 0 Å². The van der Waals surface area contributed by atoms with Crippen molar-refractivity contribution in [3.05, 3.63) is 65.0 Å². The zero-order valence-electron chi connectivity index (χ0n) is 18.3. The number of hydrogen-bond acceptors (Lipinski definition) is 5. The fraction of sp³-hybridized carbons (Fsp3) is 0.348. The molecule has 7 nitrogen and oxygen atoms in total. The Morgan fingerprint density at radius 3 is 2.39 bits per heavy atom. The van der Waals surface area contributed by atoms with Crippen LogP contribution in [0.5, 0.6) is 5.75 Å². The summed E-state index contributed by atoms with van der Waals surface area (Å²) in [5.74, 6) is -1.71. The molecule has 0 aromatic heterocycles. The van der Waals surface area contributed by atoms with Crippen molar-refractivity contribution in [3.8, 4) is 5.75 Å². The van der Waals surface area contributed by atoms with E-state index in [-0.39, 0.29) is 47.8 Å². The van der Waals surface area contributed by atoms with Crippen LogP contribution >= 0.6 is 0 Å². The fourth-order valence-corrected chi connectivity index (χ4v) is 3.45. The standard InChI is InChI=1S/C23H26N3O4.Li/c1-4-15(13-14-9-6-5-7-10-14)24-18-19(22(29)21(18)28)25-17-12-8-11-16(20(17)27)23(30)26(2)3;/h5-12,15,18-19,25,27H,4,13H2,1-3H3;/q-1;+1/t15-,18?,19?;/m1./s1. The first-order chi connectivity index (χ1) is 14.3. The van der Waals surface area contributed by atoms with Gasteiger partial charge in [0.1, 0.15) is 0 Å². The Kier molecular flexibility index (Phi) is 8.46. The molecule has 1 aliphatic rings. The number of anilines is 1. The van der Waals surface area contributed by atoms with Gasteiger partial charge in [0.05, 0.1) is 17.3 Å². The number of hydrogen-bond donors (Lipinski definition) is 2. The van der Waals surface area contributed by atoms with Gasteiger partial charge < -0.3 is 20.6 Å². The van der Waals surface area contributed by atoms with E-state index < -0.39 is 23.7 Å². The van der Waals surface area contributed by atoms with Crippen LogP contribution < -0.4 is 24.2 Å². The molecule has 0 aliphatic heterocycles. The molecule has 158 valence electrons. The number of aromatic hydroxyl groups is 1. The van der Waals surface area contributed by atoms with Crippen molar-refractivity contribution in [2.45, 2.75) is 37.9 Å². The van der Waals surface area contributed by atoms with E-state index in [0.717, 1.165) is 12.0 Å². The first kappa shape index (κ1) is 24.7. The van der Waals surface area contributed by atoms with Gasteiger partial charge in [-0.05, 0) is 30.2 Å². The van der Waals surface area contributed by atoms with Crippen LogP contribution in [0.2, 0.25) is 0 Å². The van der Waals surface area contributed by atoms with E-state index in [2.05, 4.69) is 10.6 Å². The Morgan fingerprint density at radius 1 is 1.10 bits per heavy atom. The molecule has 1 amide bonds. The van der Waals surface area contributed by atoms with Gasteiger partial charge in [0, 0.05) is 14.1 Å². The number of amides is 1. The number of nitrogens with zero attached hydrogens (tertiary/aromatic N) is 2. The largest absolute Gasteiger partial charge is 1.00 e. The zero-order valence-corrected chi connectivity index (χ0v) is 18.3. The van der Waals surface area contributed by atoms with Crippen LogP contribution in [0.4, 0.5) is 5.69 Å². The van der Waals surface area contributed by atoms with Crippen LogP contribution in [-0.2, 0) is 16.0 Å². The average molecular weight is 415 g/mol. The molecule has 2 unspecified atom stereocenters. The van der Waals surface area contributed by atoms with Gasteiger partial charge in [0.2, 0.25) is 5.78 Å². The van der Waals surface area contributed by atoms with E-state index in [0.29, 0.717) is 6.42 Å². The topological polar surface area (TPSA) is 101 Å². The summed E-state index contributed by atoms with van der Waals surface area (Å²) in [6.45, 7) is 1.99. The molecule has 0 saturated heterocycles. The summed E-state index contributed by atoms with van der Waals surface area (Å²) in [4.78, 5) is 38.0. The molecule has 2 N–H and O–H groups in total. The van der Waals surface area contributed by atoms with Crippen molar-refractivity contribution in [2.24, 2.45) is 0 Å². The molecule has 0 radical (unpaired) electrons. The number of rotatable bonds is 8. The van der Waals surface area contributed by atoms with Crippen LogP contribution in [0.15, 0.2) is 48.5 Å². The normalized spacial score (nSPS) is 18.5. The molecule has 3 atom stereocenters. The number of phenolic OH excluding ortho intramolecular Hbond substituents is 1. The third-order valence-electron chi connectivity index (χ3n) is 5.25. The number of phenols is 1. The van der Waals surface area contributed by atoms with Gasteiger partial charge in [-0.15, -0.1) is 6.04 Å². The maximum atomic E-state index is 12.2. The Morgan fingerprint density at radius 2 is 1.77 bits per heavy atom. The molecule has 0 heterocycles. The van der Waals surface area contributed by atoms with Crippen molar-refractivity contribution in [1.29, 1.82) is 0 Å². The van der Waals surface area contributed by atoms with Crippen LogP contribution in [0.1, 0.15) is 29.3 Å². The average Bonchev–Trinajstić information content (AvgIpc) is 2.76.